The van der Waals surface area contributed by atoms with Crippen molar-refractivity contribution in [2.24, 2.45) is 0 Å². The van der Waals surface area contributed by atoms with Gasteiger partial charge in [0, 0.05) is 13.7 Å². The summed E-state index contributed by atoms with van der Waals surface area (Å²) < 4.78 is 1.25. The Labute approximate surface area is 97.1 Å². The van der Waals surface area contributed by atoms with E-state index in [0.717, 1.165) is 0 Å². The highest BCUT2D eigenvalue weighted by molar-refractivity contribution is 14.1. The number of hydrogen-bond acceptors (Lipinski definition) is 2. The molecule has 0 heterocycles. The van der Waals surface area contributed by atoms with Gasteiger partial charge in [-0.2, -0.15) is 0 Å². The van der Waals surface area contributed by atoms with Crippen molar-refractivity contribution in [1.29, 1.82) is 0 Å². The molecule has 2 atom stereocenters. The van der Waals surface area contributed by atoms with Crippen LogP contribution in [0, 0.1) is 3.57 Å². The topological polar surface area (TPSA) is 20.2 Å². The Hall–Kier alpha value is 0.260. The van der Waals surface area contributed by atoms with E-state index in [1.165, 1.54) is 8.47 Å². The first-order valence-corrected chi connectivity index (χ1v) is 6.16. The van der Waals surface area contributed by atoms with Crippen LogP contribution in [-0.4, -0.2) is 16.5 Å². The normalized spacial score (nSPS) is 15.4. The summed E-state index contributed by atoms with van der Waals surface area (Å²) in [5.74, 6) is 0. The maximum atomic E-state index is 9.35. The van der Waals surface area contributed by atoms with E-state index in [1.807, 2.05) is 26.0 Å². The van der Waals surface area contributed by atoms with Gasteiger partial charge >= 0.3 is 0 Å². The third kappa shape index (κ3) is 3.48. The molecule has 1 aromatic rings. The lowest BCUT2D eigenvalue weighted by molar-refractivity contribution is 0.196. The Balaban J connectivity index is 2.69. The van der Waals surface area contributed by atoms with Crippen LogP contribution in [0.15, 0.2) is 29.2 Å². The molecule has 0 spiro atoms. The largest absolute Gasteiger partial charge is 0.392 e. The van der Waals surface area contributed by atoms with Crippen LogP contribution in [0.1, 0.15) is 13.8 Å². The molecule has 0 aliphatic rings. The van der Waals surface area contributed by atoms with Gasteiger partial charge in [0.1, 0.15) is 0 Å². The fraction of sp³-hybridized carbons (Fsp3) is 0.400. The summed E-state index contributed by atoms with van der Waals surface area (Å²) in [6, 6.07) is 8.22. The van der Waals surface area contributed by atoms with E-state index in [2.05, 4.69) is 34.7 Å². The molecule has 0 aliphatic heterocycles. The minimum atomic E-state index is -0.263. The van der Waals surface area contributed by atoms with E-state index >= 15 is 0 Å². The van der Waals surface area contributed by atoms with Gasteiger partial charge in [0.15, 0.2) is 0 Å². The monoisotopic (exact) mass is 308 g/mol. The van der Waals surface area contributed by atoms with E-state index in [-0.39, 0.29) is 11.4 Å². The molecule has 0 radical (unpaired) electrons. The molecule has 1 aromatic carbocycles. The van der Waals surface area contributed by atoms with Crippen molar-refractivity contribution < 1.29 is 5.11 Å². The highest BCUT2D eigenvalue weighted by Crippen LogP contribution is 2.28. The molecule has 0 bridgehead atoms. The Morgan fingerprint density at radius 3 is 2.46 bits per heavy atom. The molecule has 2 unspecified atom stereocenters. The van der Waals surface area contributed by atoms with Gasteiger partial charge in [-0.1, -0.05) is 19.1 Å². The highest BCUT2D eigenvalue weighted by atomic mass is 127. The predicted molar refractivity (Wildman–Crippen MR) is 66.2 cm³/mol. The first-order valence-electron chi connectivity index (χ1n) is 4.20. The summed E-state index contributed by atoms with van der Waals surface area (Å²) in [4.78, 5) is 1.25. The molecule has 1 rings (SSSR count). The van der Waals surface area contributed by atoms with Crippen LogP contribution in [0.3, 0.4) is 0 Å². The number of benzene rings is 1. The van der Waals surface area contributed by atoms with Crippen molar-refractivity contribution in [2.75, 3.05) is 0 Å². The second-order valence-electron chi connectivity index (χ2n) is 2.99. The number of halogens is 1. The third-order valence-electron chi connectivity index (χ3n) is 1.83. The smallest absolute Gasteiger partial charge is 0.0631 e. The zero-order valence-corrected chi connectivity index (χ0v) is 10.7. The Morgan fingerprint density at radius 2 is 1.92 bits per heavy atom. The quantitative estimate of drug-likeness (QED) is 0.684. The fourth-order valence-electron chi connectivity index (χ4n) is 0.839. The van der Waals surface area contributed by atoms with Crippen LogP contribution >= 0.6 is 34.4 Å². The molecular formula is C10H13IOS. The van der Waals surface area contributed by atoms with Crippen LogP contribution < -0.4 is 0 Å². The molecule has 3 heteroatoms. The number of rotatable bonds is 3. The fourth-order valence-corrected chi connectivity index (χ4v) is 2.54. The second-order valence-corrected chi connectivity index (χ2v) is 5.58. The third-order valence-corrected chi connectivity index (χ3v) is 4.51. The summed E-state index contributed by atoms with van der Waals surface area (Å²) in [5, 5.41) is 9.60. The molecule has 0 saturated heterocycles. The number of hydrogen-bond donors (Lipinski definition) is 1. The Kier molecular flexibility index (Phi) is 4.55. The van der Waals surface area contributed by atoms with Crippen LogP contribution in [0.2, 0.25) is 0 Å². The molecule has 0 amide bonds. The summed E-state index contributed by atoms with van der Waals surface area (Å²) in [5.41, 5.74) is 0. The van der Waals surface area contributed by atoms with Crippen molar-refractivity contribution in [3.05, 3.63) is 27.8 Å². The van der Waals surface area contributed by atoms with Crippen LogP contribution in [0.4, 0.5) is 0 Å². The van der Waals surface area contributed by atoms with Crippen LogP contribution in [-0.2, 0) is 0 Å². The summed E-state index contributed by atoms with van der Waals surface area (Å²) in [7, 11) is 0. The van der Waals surface area contributed by atoms with Gasteiger partial charge in [0.25, 0.3) is 0 Å². The van der Waals surface area contributed by atoms with Crippen LogP contribution in [0.5, 0.6) is 0 Å². The molecule has 13 heavy (non-hydrogen) atoms. The zero-order valence-electron chi connectivity index (χ0n) is 7.70. The van der Waals surface area contributed by atoms with Crippen molar-refractivity contribution in [3.63, 3.8) is 0 Å². The lowest BCUT2D eigenvalue weighted by Crippen LogP contribution is -2.14. The molecular weight excluding hydrogens is 295 g/mol. The van der Waals surface area contributed by atoms with Crippen LogP contribution in [0.25, 0.3) is 0 Å². The summed E-state index contributed by atoms with van der Waals surface area (Å²) in [6.07, 6.45) is -0.263. The molecule has 0 aromatic heterocycles. The first kappa shape index (κ1) is 11.3. The van der Waals surface area contributed by atoms with E-state index in [0.29, 0.717) is 0 Å². The molecule has 72 valence electrons. The van der Waals surface area contributed by atoms with Gasteiger partial charge in [0.05, 0.1) is 6.10 Å². The van der Waals surface area contributed by atoms with Gasteiger partial charge in [-0.3, -0.25) is 0 Å². The zero-order chi connectivity index (χ0) is 9.84. The number of aliphatic hydroxyl groups excluding tert-OH is 1. The van der Waals surface area contributed by atoms with Gasteiger partial charge in [0.2, 0.25) is 0 Å². The van der Waals surface area contributed by atoms with Crippen molar-refractivity contribution in [2.45, 2.75) is 30.1 Å². The molecule has 1 nitrogen and oxygen atoms in total. The molecule has 0 fully saturated rings. The first-order chi connectivity index (χ1) is 6.11. The SMILES string of the molecule is CC(O)C(C)Sc1ccccc1I. The van der Waals surface area contributed by atoms with Gasteiger partial charge in [-0.15, -0.1) is 11.8 Å². The average Bonchev–Trinajstić information content (AvgIpc) is 2.08. The standard InChI is InChI=1S/C10H13IOS/c1-7(12)8(2)13-10-6-4-3-5-9(10)11/h3-8,12H,1-2H3. The highest BCUT2D eigenvalue weighted by Gasteiger charge is 2.11. The predicted octanol–water partition coefficient (Wildman–Crippen LogP) is 3.15. The van der Waals surface area contributed by atoms with E-state index in [1.54, 1.807) is 11.8 Å². The minimum absolute atomic E-state index is 0.246. The summed E-state index contributed by atoms with van der Waals surface area (Å²) in [6.45, 7) is 3.87. The molecule has 1 N–H and O–H groups in total. The van der Waals surface area contributed by atoms with Gasteiger partial charge in [-0.05, 0) is 41.6 Å². The molecule has 0 saturated carbocycles. The Morgan fingerprint density at radius 1 is 1.31 bits per heavy atom. The second kappa shape index (κ2) is 5.22. The van der Waals surface area contributed by atoms with E-state index in [9.17, 15) is 5.11 Å². The summed E-state index contributed by atoms with van der Waals surface area (Å²) >= 11 is 4.04. The number of aliphatic hydroxyl groups is 1. The minimum Gasteiger partial charge on any atom is -0.392 e. The maximum absolute atomic E-state index is 9.35. The van der Waals surface area contributed by atoms with E-state index < -0.39 is 0 Å². The van der Waals surface area contributed by atoms with E-state index in [4.69, 9.17) is 0 Å². The lowest BCUT2D eigenvalue weighted by atomic mass is 10.3. The van der Waals surface area contributed by atoms with Crippen molar-refractivity contribution in [3.8, 4) is 0 Å². The van der Waals surface area contributed by atoms with Gasteiger partial charge < -0.3 is 5.11 Å². The number of thioether (sulfide) groups is 1. The Bertz CT molecular complexity index is 275. The van der Waals surface area contributed by atoms with Gasteiger partial charge in [-0.25, -0.2) is 0 Å². The molecule has 0 aliphatic carbocycles. The van der Waals surface area contributed by atoms with Crippen molar-refractivity contribution in [1.82, 2.24) is 0 Å². The average molecular weight is 308 g/mol. The van der Waals surface area contributed by atoms with Crippen molar-refractivity contribution >= 4 is 34.4 Å². The maximum Gasteiger partial charge on any atom is 0.0631 e. The lowest BCUT2D eigenvalue weighted by Gasteiger charge is -2.14.